The van der Waals surface area contributed by atoms with Crippen LogP contribution in [-0.4, -0.2) is 58.0 Å². The van der Waals surface area contributed by atoms with Gasteiger partial charge in [-0.1, -0.05) is 67.6 Å². The molecule has 4 aromatic rings. The fraction of sp³-hybridized carbons (Fsp3) is 0.361. The van der Waals surface area contributed by atoms with E-state index in [0.29, 0.717) is 23.7 Å². The average molecular weight is 605 g/mol. The van der Waals surface area contributed by atoms with Crippen molar-refractivity contribution in [2.45, 2.75) is 51.4 Å². The van der Waals surface area contributed by atoms with Crippen molar-refractivity contribution in [1.82, 2.24) is 15.0 Å². The number of carboxylic acid groups (broad SMARTS) is 1. The van der Waals surface area contributed by atoms with E-state index < -0.39 is 11.9 Å². The number of aliphatic carboxylic acids is 1. The molecule has 1 fully saturated rings. The van der Waals surface area contributed by atoms with E-state index in [2.05, 4.69) is 44.6 Å². The largest absolute Gasteiger partial charge is 0.481 e. The first-order valence-electron chi connectivity index (χ1n) is 16.0. The number of hydrogen-bond acceptors (Lipinski definition) is 8. The van der Waals surface area contributed by atoms with Gasteiger partial charge in [-0.2, -0.15) is 0 Å². The summed E-state index contributed by atoms with van der Waals surface area (Å²) in [5.74, 6) is 0.843. The molecule has 9 heteroatoms. The number of anilines is 3. The third kappa shape index (κ3) is 6.98. The lowest BCUT2D eigenvalue weighted by atomic mass is 9.92. The van der Waals surface area contributed by atoms with Crippen molar-refractivity contribution in [3.05, 3.63) is 95.4 Å². The van der Waals surface area contributed by atoms with Crippen LogP contribution in [0.1, 0.15) is 65.7 Å². The second-order valence-corrected chi connectivity index (χ2v) is 11.9. The summed E-state index contributed by atoms with van der Waals surface area (Å²) in [6.45, 7) is 4.84. The number of piperidine rings is 1. The van der Waals surface area contributed by atoms with Crippen LogP contribution in [0.4, 0.5) is 17.5 Å². The summed E-state index contributed by atoms with van der Waals surface area (Å²) in [6.07, 6.45) is 6.34. The maximum atomic E-state index is 13.1. The summed E-state index contributed by atoms with van der Waals surface area (Å²) in [4.78, 5) is 41.6. The fourth-order valence-electron chi connectivity index (χ4n) is 6.40. The van der Waals surface area contributed by atoms with Crippen LogP contribution in [0.15, 0.2) is 73.1 Å². The van der Waals surface area contributed by atoms with Crippen LogP contribution in [0, 0.1) is 5.92 Å². The molecule has 2 aliphatic rings. The van der Waals surface area contributed by atoms with E-state index in [1.807, 2.05) is 42.5 Å². The molecule has 0 aliphatic carbocycles. The maximum absolute atomic E-state index is 13.1. The van der Waals surface area contributed by atoms with Crippen molar-refractivity contribution in [2.75, 3.05) is 41.7 Å². The Bertz CT molecular complexity index is 1630. The van der Waals surface area contributed by atoms with E-state index in [1.54, 1.807) is 12.1 Å². The van der Waals surface area contributed by atoms with Crippen molar-refractivity contribution >= 4 is 29.2 Å². The number of carbonyl (C=O) groups excluding carboxylic acids is 1. The van der Waals surface area contributed by atoms with Gasteiger partial charge in [0.05, 0.1) is 5.92 Å². The molecule has 1 saturated heterocycles. The van der Waals surface area contributed by atoms with E-state index in [-0.39, 0.29) is 18.7 Å². The molecular formula is C36H40N6O3. The van der Waals surface area contributed by atoms with E-state index in [1.165, 1.54) is 11.9 Å². The minimum absolute atomic E-state index is 0.0900. The summed E-state index contributed by atoms with van der Waals surface area (Å²) in [7, 11) is 0. The number of hydrogen-bond donors (Lipinski definition) is 3. The SMILES string of the molecule is CCc1c(NC[C@H](CC(=O)c2ccc(-c3ccccc3)cc2)C(=O)O)ncnc1N1CCC(c2ccc3c(n2)NCCC3)CC1. The Kier molecular flexibility index (Phi) is 9.33. The van der Waals surface area contributed by atoms with Crippen molar-refractivity contribution < 1.29 is 14.7 Å². The first-order chi connectivity index (χ1) is 22.0. The monoisotopic (exact) mass is 604 g/mol. The van der Waals surface area contributed by atoms with E-state index in [9.17, 15) is 14.7 Å². The maximum Gasteiger partial charge on any atom is 0.308 e. The molecule has 0 radical (unpaired) electrons. The molecule has 4 heterocycles. The third-order valence-electron chi connectivity index (χ3n) is 9.02. The molecule has 45 heavy (non-hydrogen) atoms. The van der Waals surface area contributed by atoms with Gasteiger partial charge < -0.3 is 20.6 Å². The second-order valence-electron chi connectivity index (χ2n) is 11.9. The number of aromatic nitrogens is 3. The molecular weight excluding hydrogens is 564 g/mol. The molecule has 2 aliphatic heterocycles. The Morgan fingerprint density at radius 3 is 2.49 bits per heavy atom. The molecule has 9 nitrogen and oxygen atoms in total. The molecule has 3 N–H and O–H groups in total. The average Bonchev–Trinajstić information content (AvgIpc) is 3.10. The Morgan fingerprint density at radius 1 is 1.00 bits per heavy atom. The normalized spacial score (nSPS) is 15.5. The summed E-state index contributed by atoms with van der Waals surface area (Å²) >= 11 is 0. The molecule has 232 valence electrons. The first kappa shape index (κ1) is 30.2. The summed E-state index contributed by atoms with van der Waals surface area (Å²) in [5, 5.41) is 16.7. The summed E-state index contributed by atoms with van der Waals surface area (Å²) in [5.41, 5.74) is 6.00. The molecule has 2 aromatic heterocycles. The number of nitrogens with zero attached hydrogens (tertiary/aromatic N) is 4. The van der Waals surface area contributed by atoms with Crippen LogP contribution in [0.25, 0.3) is 11.1 Å². The predicted octanol–water partition coefficient (Wildman–Crippen LogP) is 6.23. The van der Waals surface area contributed by atoms with E-state index in [4.69, 9.17) is 4.98 Å². The molecule has 0 amide bonds. The Hall–Kier alpha value is -4.79. The van der Waals surface area contributed by atoms with Gasteiger partial charge in [-0.15, -0.1) is 0 Å². The van der Waals surface area contributed by atoms with Gasteiger partial charge in [0.15, 0.2) is 5.78 Å². The van der Waals surface area contributed by atoms with Crippen LogP contribution in [-0.2, 0) is 17.6 Å². The van der Waals surface area contributed by atoms with Gasteiger partial charge in [0, 0.05) is 55.3 Å². The summed E-state index contributed by atoms with van der Waals surface area (Å²) < 4.78 is 0. The number of carboxylic acids is 1. The van der Waals surface area contributed by atoms with Crippen molar-refractivity contribution in [3.63, 3.8) is 0 Å². The zero-order valence-electron chi connectivity index (χ0n) is 25.7. The zero-order chi connectivity index (χ0) is 31.2. The van der Waals surface area contributed by atoms with Crippen molar-refractivity contribution in [3.8, 4) is 11.1 Å². The Labute approximate surface area is 264 Å². The van der Waals surface area contributed by atoms with Crippen LogP contribution >= 0.6 is 0 Å². The lowest BCUT2D eigenvalue weighted by molar-refractivity contribution is -0.141. The predicted molar refractivity (Wildman–Crippen MR) is 177 cm³/mol. The molecule has 2 aromatic carbocycles. The smallest absolute Gasteiger partial charge is 0.308 e. The molecule has 0 saturated carbocycles. The topological polar surface area (TPSA) is 120 Å². The van der Waals surface area contributed by atoms with Gasteiger partial charge in [0.25, 0.3) is 0 Å². The lowest BCUT2D eigenvalue weighted by Crippen LogP contribution is -2.35. The number of benzene rings is 2. The number of carbonyl (C=O) groups is 2. The number of nitrogens with one attached hydrogen (secondary N) is 2. The fourth-order valence-corrected chi connectivity index (χ4v) is 6.40. The van der Waals surface area contributed by atoms with E-state index >= 15 is 0 Å². The lowest BCUT2D eigenvalue weighted by Gasteiger charge is -2.34. The van der Waals surface area contributed by atoms with Gasteiger partial charge in [0.1, 0.15) is 23.8 Å². The van der Waals surface area contributed by atoms with Crippen LogP contribution in [0.3, 0.4) is 0 Å². The number of ketones is 1. The van der Waals surface area contributed by atoms with Gasteiger partial charge in [-0.3, -0.25) is 9.59 Å². The van der Waals surface area contributed by atoms with Gasteiger partial charge in [-0.05, 0) is 54.9 Å². The van der Waals surface area contributed by atoms with Gasteiger partial charge in [0.2, 0.25) is 0 Å². The van der Waals surface area contributed by atoms with E-state index in [0.717, 1.165) is 79.3 Å². The zero-order valence-corrected chi connectivity index (χ0v) is 25.7. The number of pyridine rings is 1. The standard InChI is InChI=1S/C36H40N6O3/c1-2-30-34(38-22-29(36(44)45)21-32(43)27-12-10-25(11-13-27)24-7-4-3-5-8-24)39-23-40-35(30)42-19-16-26(17-20-42)31-15-14-28-9-6-18-37-33(28)41-31/h3-5,7-8,10-15,23,26,29H,2,6,9,16-22H2,1H3,(H,37,41)(H,44,45)(H,38,39,40)/t29-/m0/s1. The van der Waals surface area contributed by atoms with Crippen LogP contribution in [0.2, 0.25) is 0 Å². The summed E-state index contributed by atoms with van der Waals surface area (Å²) in [6, 6.07) is 21.7. The number of rotatable bonds is 11. The molecule has 0 spiro atoms. The molecule has 0 bridgehead atoms. The highest BCUT2D eigenvalue weighted by atomic mass is 16.4. The van der Waals surface area contributed by atoms with Crippen molar-refractivity contribution in [1.29, 1.82) is 0 Å². The highest BCUT2D eigenvalue weighted by molar-refractivity contribution is 5.98. The third-order valence-corrected chi connectivity index (χ3v) is 9.02. The van der Waals surface area contributed by atoms with Crippen LogP contribution < -0.4 is 15.5 Å². The first-order valence-corrected chi connectivity index (χ1v) is 16.0. The highest BCUT2D eigenvalue weighted by Crippen LogP contribution is 2.33. The minimum atomic E-state index is -1.02. The van der Waals surface area contributed by atoms with Gasteiger partial charge >= 0.3 is 5.97 Å². The quantitative estimate of drug-likeness (QED) is 0.171. The Balaban J connectivity index is 1.08. The van der Waals surface area contributed by atoms with Crippen LogP contribution in [0.5, 0.6) is 0 Å². The highest BCUT2D eigenvalue weighted by Gasteiger charge is 2.27. The van der Waals surface area contributed by atoms with Gasteiger partial charge in [-0.25, -0.2) is 15.0 Å². The molecule has 0 unspecified atom stereocenters. The number of Topliss-reactive ketones (excluding diaryl/α,β-unsaturated/α-hetero) is 1. The Morgan fingerprint density at radius 2 is 1.76 bits per heavy atom. The number of fused-ring (bicyclic) bond motifs is 1. The molecule has 1 atom stereocenters. The minimum Gasteiger partial charge on any atom is -0.481 e. The number of aryl methyl sites for hydroxylation is 1. The second kappa shape index (κ2) is 13.9. The molecule has 6 rings (SSSR count). The van der Waals surface area contributed by atoms with Crippen molar-refractivity contribution in [2.24, 2.45) is 5.92 Å².